The van der Waals surface area contributed by atoms with Crippen LogP contribution in [0.5, 0.6) is 11.5 Å². The third-order valence-electron chi connectivity index (χ3n) is 3.79. The number of methoxy groups -OCH3 is 2. The van der Waals surface area contributed by atoms with Crippen LogP contribution >= 0.6 is 0 Å². The van der Waals surface area contributed by atoms with E-state index in [1.54, 1.807) is 14.2 Å². The highest BCUT2D eigenvalue weighted by Crippen LogP contribution is 2.27. The van der Waals surface area contributed by atoms with E-state index in [9.17, 15) is 4.79 Å². The number of ether oxygens (including phenoxy) is 2. The quantitative estimate of drug-likeness (QED) is 0.703. The second-order valence-corrected chi connectivity index (χ2v) is 5.47. The molecule has 1 amide bonds. The summed E-state index contributed by atoms with van der Waals surface area (Å²) in [5.41, 5.74) is 1.78. The monoisotopic (exact) mass is 353 g/mol. The van der Waals surface area contributed by atoms with E-state index in [4.69, 9.17) is 13.9 Å². The van der Waals surface area contributed by atoms with Crippen molar-refractivity contribution in [3.63, 3.8) is 0 Å². The number of amides is 1. The average Bonchev–Trinajstić information content (AvgIpc) is 3.19. The number of carbonyl (C=O) groups is 1. The van der Waals surface area contributed by atoms with Crippen LogP contribution in [0, 0.1) is 0 Å². The molecule has 0 aliphatic rings. The number of nitrogens with zero attached hydrogens (tertiary/aromatic N) is 2. The number of rotatable bonds is 7. The van der Waals surface area contributed by atoms with Gasteiger partial charge in [0.25, 0.3) is 0 Å². The summed E-state index contributed by atoms with van der Waals surface area (Å²) in [6.07, 6.45) is 0.631. The van der Waals surface area contributed by atoms with Gasteiger partial charge in [0.1, 0.15) is 0 Å². The summed E-state index contributed by atoms with van der Waals surface area (Å²) < 4.78 is 15.9. The molecule has 0 aliphatic heterocycles. The van der Waals surface area contributed by atoms with Crippen molar-refractivity contribution < 1.29 is 18.7 Å². The average molecular weight is 353 g/mol. The molecule has 7 nitrogen and oxygen atoms in total. The molecule has 3 aromatic rings. The highest BCUT2D eigenvalue weighted by molar-refractivity contribution is 5.89. The molecule has 134 valence electrons. The lowest BCUT2D eigenvalue weighted by Crippen LogP contribution is -2.26. The van der Waals surface area contributed by atoms with Crippen molar-refractivity contribution in [1.82, 2.24) is 15.5 Å². The summed E-state index contributed by atoms with van der Waals surface area (Å²) in [4.78, 5) is 12.2. The molecule has 0 saturated heterocycles. The predicted molar refractivity (Wildman–Crippen MR) is 95.3 cm³/mol. The number of benzene rings is 2. The maximum absolute atomic E-state index is 12.2. The lowest BCUT2D eigenvalue weighted by molar-refractivity contribution is 0.0920. The standard InChI is InChI=1S/C19H19N3O4/c1-24-15-9-8-13(12-16(15)25-2)10-11-20-17(23)19-22-21-18(26-19)14-6-4-3-5-7-14/h3-9,12H,10-11H2,1-2H3,(H,20,23). The molecule has 26 heavy (non-hydrogen) atoms. The summed E-state index contributed by atoms with van der Waals surface area (Å²) in [7, 11) is 3.18. The molecule has 2 aromatic carbocycles. The van der Waals surface area contributed by atoms with Crippen molar-refractivity contribution in [3.8, 4) is 23.0 Å². The third kappa shape index (κ3) is 4.00. The van der Waals surface area contributed by atoms with Gasteiger partial charge in [0.05, 0.1) is 14.2 Å². The van der Waals surface area contributed by atoms with Crippen molar-refractivity contribution in [2.24, 2.45) is 0 Å². The topological polar surface area (TPSA) is 86.5 Å². The van der Waals surface area contributed by atoms with Gasteiger partial charge in [0.2, 0.25) is 5.89 Å². The van der Waals surface area contributed by atoms with Gasteiger partial charge in [-0.05, 0) is 36.2 Å². The number of carbonyl (C=O) groups excluding carboxylic acids is 1. The Kier molecular flexibility index (Phi) is 5.48. The van der Waals surface area contributed by atoms with Gasteiger partial charge in [0.15, 0.2) is 11.5 Å². The van der Waals surface area contributed by atoms with Crippen LogP contribution in [0.25, 0.3) is 11.5 Å². The molecular formula is C19H19N3O4. The van der Waals surface area contributed by atoms with E-state index in [0.29, 0.717) is 30.4 Å². The maximum atomic E-state index is 12.2. The van der Waals surface area contributed by atoms with E-state index in [0.717, 1.165) is 11.1 Å². The Labute approximate surface area is 151 Å². The molecule has 1 heterocycles. The second kappa shape index (κ2) is 8.15. The first-order chi connectivity index (χ1) is 12.7. The minimum Gasteiger partial charge on any atom is -0.493 e. The molecule has 0 saturated carbocycles. The van der Waals surface area contributed by atoms with Crippen LogP contribution in [0.3, 0.4) is 0 Å². The van der Waals surface area contributed by atoms with E-state index in [2.05, 4.69) is 15.5 Å². The molecule has 7 heteroatoms. The first-order valence-corrected chi connectivity index (χ1v) is 8.09. The summed E-state index contributed by atoms with van der Waals surface area (Å²) in [5, 5.41) is 10.5. The van der Waals surface area contributed by atoms with Gasteiger partial charge in [-0.15, -0.1) is 10.2 Å². The van der Waals surface area contributed by atoms with E-state index < -0.39 is 5.91 Å². The zero-order valence-corrected chi connectivity index (χ0v) is 14.6. The molecular weight excluding hydrogens is 334 g/mol. The van der Waals surface area contributed by atoms with Gasteiger partial charge in [-0.2, -0.15) is 0 Å². The molecule has 0 aliphatic carbocycles. The van der Waals surface area contributed by atoms with Crippen molar-refractivity contribution in [2.75, 3.05) is 20.8 Å². The second-order valence-electron chi connectivity index (χ2n) is 5.47. The Bertz CT molecular complexity index is 878. The fourth-order valence-electron chi connectivity index (χ4n) is 2.44. The lowest BCUT2D eigenvalue weighted by atomic mass is 10.1. The van der Waals surface area contributed by atoms with Crippen molar-refractivity contribution in [2.45, 2.75) is 6.42 Å². The molecule has 0 fully saturated rings. The van der Waals surface area contributed by atoms with Crippen molar-refractivity contribution in [3.05, 3.63) is 60.0 Å². The Hall–Kier alpha value is -3.35. The highest BCUT2D eigenvalue weighted by atomic mass is 16.5. The first kappa shape index (κ1) is 17.5. The van der Waals surface area contributed by atoms with Gasteiger partial charge < -0.3 is 19.2 Å². The highest BCUT2D eigenvalue weighted by Gasteiger charge is 2.15. The number of aromatic nitrogens is 2. The van der Waals surface area contributed by atoms with Gasteiger partial charge in [-0.1, -0.05) is 24.3 Å². The zero-order valence-electron chi connectivity index (χ0n) is 14.6. The van der Waals surface area contributed by atoms with Crippen LogP contribution in [0.2, 0.25) is 0 Å². The van der Waals surface area contributed by atoms with Crippen molar-refractivity contribution >= 4 is 5.91 Å². The first-order valence-electron chi connectivity index (χ1n) is 8.09. The molecule has 0 bridgehead atoms. The molecule has 0 spiro atoms. The SMILES string of the molecule is COc1ccc(CCNC(=O)c2nnc(-c3ccccc3)o2)cc1OC. The summed E-state index contributed by atoms with van der Waals surface area (Å²) in [6.45, 7) is 0.428. The Morgan fingerprint density at radius 2 is 1.81 bits per heavy atom. The predicted octanol–water partition coefficient (Wildman–Crippen LogP) is 2.73. The summed E-state index contributed by atoms with van der Waals surface area (Å²) >= 11 is 0. The fraction of sp³-hybridized carbons (Fsp3) is 0.211. The Balaban J connectivity index is 1.57. The number of hydrogen-bond acceptors (Lipinski definition) is 6. The van der Waals surface area contributed by atoms with E-state index >= 15 is 0 Å². The molecule has 3 rings (SSSR count). The zero-order chi connectivity index (χ0) is 18.4. The van der Waals surface area contributed by atoms with Crippen LogP contribution < -0.4 is 14.8 Å². The largest absolute Gasteiger partial charge is 0.493 e. The van der Waals surface area contributed by atoms with Crippen LogP contribution in [0.15, 0.2) is 52.9 Å². The maximum Gasteiger partial charge on any atom is 0.308 e. The minimum absolute atomic E-state index is 0.0591. The molecule has 0 radical (unpaired) electrons. The smallest absolute Gasteiger partial charge is 0.308 e. The fourth-order valence-corrected chi connectivity index (χ4v) is 2.44. The van der Waals surface area contributed by atoms with E-state index in [1.807, 2.05) is 48.5 Å². The molecule has 0 atom stereocenters. The number of hydrogen-bond donors (Lipinski definition) is 1. The van der Waals surface area contributed by atoms with Crippen LogP contribution in [0.4, 0.5) is 0 Å². The van der Waals surface area contributed by atoms with Crippen LogP contribution in [-0.4, -0.2) is 36.9 Å². The van der Waals surface area contributed by atoms with Crippen LogP contribution in [0.1, 0.15) is 16.2 Å². The molecule has 1 N–H and O–H groups in total. The van der Waals surface area contributed by atoms with Gasteiger partial charge >= 0.3 is 11.8 Å². The summed E-state index contributed by atoms with van der Waals surface area (Å²) in [5.74, 6) is 1.17. The Morgan fingerprint density at radius 3 is 2.54 bits per heavy atom. The van der Waals surface area contributed by atoms with E-state index in [1.165, 1.54) is 0 Å². The van der Waals surface area contributed by atoms with Crippen molar-refractivity contribution in [1.29, 1.82) is 0 Å². The summed E-state index contributed by atoms with van der Waals surface area (Å²) in [6, 6.07) is 14.9. The lowest BCUT2D eigenvalue weighted by Gasteiger charge is -2.09. The third-order valence-corrected chi connectivity index (χ3v) is 3.79. The van der Waals surface area contributed by atoms with Gasteiger partial charge in [0, 0.05) is 12.1 Å². The number of nitrogens with one attached hydrogen (secondary N) is 1. The molecule has 1 aromatic heterocycles. The minimum atomic E-state index is -0.403. The van der Waals surface area contributed by atoms with Gasteiger partial charge in [-0.3, -0.25) is 4.79 Å². The normalized spacial score (nSPS) is 10.4. The van der Waals surface area contributed by atoms with Crippen LogP contribution in [-0.2, 0) is 6.42 Å². The van der Waals surface area contributed by atoms with E-state index in [-0.39, 0.29) is 5.89 Å². The Morgan fingerprint density at radius 1 is 1.04 bits per heavy atom. The van der Waals surface area contributed by atoms with Gasteiger partial charge in [-0.25, -0.2) is 0 Å². The molecule has 0 unspecified atom stereocenters.